The molecular weight excluding hydrogens is 325 g/mol. The SMILES string of the molecule is CC.CC.Clc1nc(Cl)c2ncc(Br)cc2n1. The molecule has 3 nitrogen and oxygen atoms in total. The van der Waals surface area contributed by atoms with Gasteiger partial charge in [0.15, 0.2) is 5.15 Å². The second kappa shape index (κ2) is 8.61. The summed E-state index contributed by atoms with van der Waals surface area (Å²) in [6.07, 6.45) is 1.63. The predicted molar refractivity (Wildman–Crippen MR) is 77.7 cm³/mol. The van der Waals surface area contributed by atoms with Crippen molar-refractivity contribution in [1.82, 2.24) is 15.0 Å². The van der Waals surface area contributed by atoms with E-state index in [0.29, 0.717) is 11.0 Å². The van der Waals surface area contributed by atoms with Crippen LogP contribution in [0, 0.1) is 0 Å². The molecule has 0 N–H and O–H groups in total. The first-order valence-corrected chi connectivity index (χ1v) is 6.86. The Balaban J connectivity index is 0.000000581. The Morgan fingerprint density at radius 3 is 2.24 bits per heavy atom. The smallest absolute Gasteiger partial charge is 0.224 e. The summed E-state index contributed by atoms with van der Waals surface area (Å²) in [5.74, 6) is 0. The molecule has 2 aromatic rings. The molecule has 0 bridgehead atoms. The van der Waals surface area contributed by atoms with Crippen molar-refractivity contribution >= 4 is 50.2 Å². The Morgan fingerprint density at radius 1 is 1.06 bits per heavy atom. The summed E-state index contributed by atoms with van der Waals surface area (Å²) in [5, 5.41) is 0.389. The van der Waals surface area contributed by atoms with E-state index in [0.717, 1.165) is 4.47 Å². The first-order chi connectivity index (χ1) is 8.16. The van der Waals surface area contributed by atoms with Crippen LogP contribution in [0.5, 0.6) is 0 Å². The zero-order valence-corrected chi connectivity index (χ0v) is 13.2. The molecular formula is C11H14BrCl2N3. The standard InChI is InChI=1S/C7H2BrCl2N3.2C2H6/c8-3-1-4-5(11-2-3)6(9)13-7(10)12-4;2*1-2/h1-2H;2*1-2H3. The Labute approximate surface area is 120 Å². The molecule has 0 aliphatic carbocycles. The van der Waals surface area contributed by atoms with Crippen molar-refractivity contribution in [1.29, 1.82) is 0 Å². The fraction of sp³-hybridized carbons (Fsp3) is 0.364. The molecule has 0 spiro atoms. The van der Waals surface area contributed by atoms with Gasteiger partial charge in [0.1, 0.15) is 5.52 Å². The lowest BCUT2D eigenvalue weighted by molar-refractivity contribution is 1.19. The zero-order chi connectivity index (χ0) is 13.4. The average Bonchev–Trinajstić information content (AvgIpc) is 2.33. The lowest BCUT2D eigenvalue weighted by atomic mass is 10.4. The van der Waals surface area contributed by atoms with Crippen LogP contribution in [0.3, 0.4) is 0 Å². The van der Waals surface area contributed by atoms with Gasteiger partial charge < -0.3 is 0 Å². The van der Waals surface area contributed by atoms with E-state index < -0.39 is 0 Å². The number of nitrogens with zero attached hydrogens (tertiary/aromatic N) is 3. The van der Waals surface area contributed by atoms with Gasteiger partial charge in [0.05, 0.1) is 5.52 Å². The highest BCUT2D eigenvalue weighted by Gasteiger charge is 2.05. The van der Waals surface area contributed by atoms with E-state index in [1.165, 1.54) is 0 Å². The van der Waals surface area contributed by atoms with E-state index in [2.05, 4.69) is 30.9 Å². The van der Waals surface area contributed by atoms with Gasteiger partial charge >= 0.3 is 0 Å². The normalized spacial score (nSPS) is 8.88. The fourth-order valence-electron chi connectivity index (χ4n) is 0.931. The second-order valence-corrected chi connectivity index (χ2v) is 3.92. The Bertz CT molecular complexity index is 472. The van der Waals surface area contributed by atoms with Crippen molar-refractivity contribution in [3.8, 4) is 0 Å². The summed E-state index contributed by atoms with van der Waals surface area (Å²) >= 11 is 14.7. The topological polar surface area (TPSA) is 38.7 Å². The maximum Gasteiger partial charge on any atom is 0.224 e. The molecule has 0 saturated heterocycles. The molecule has 0 aliphatic heterocycles. The van der Waals surface area contributed by atoms with E-state index in [4.69, 9.17) is 23.2 Å². The fourth-order valence-corrected chi connectivity index (χ4v) is 1.69. The summed E-state index contributed by atoms with van der Waals surface area (Å²) in [4.78, 5) is 11.8. The maximum absolute atomic E-state index is 5.80. The minimum atomic E-state index is 0.123. The lowest BCUT2D eigenvalue weighted by Gasteiger charge is -1.98. The van der Waals surface area contributed by atoms with Crippen LogP contribution in [-0.2, 0) is 0 Å². The molecule has 2 aromatic heterocycles. The third-order valence-corrected chi connectivity index (χ3v) is 2.30. The Kier molecular flexibility index (Phi) is 8.39. The number of fused-ring (bicyclic) bond motifs is 1. The van der Waals surface area contributed by atoms with Gasteiger partial charge in [0.2, 0.25) is 5.28 Å². The number of aromatic nitrogens is 3. The van der Waals surface area contributed by atoms with Crippen molar-refractivity contribution < 1.29 is 0 Å². The molecule has 6 heteroatoms. The van der Waals surface area contributed by atoms with Crippen LogP contribution in [0.25, 0.3) is 11.0 Å². The summed E-state index contributed by atoms with van der Waals surface area (Å²) in [6, 6.07) is 1.78. The van der Waals surface area contributed by atoms with Crippen LogP contribution in [-0.4, -0.2) is 15.0 Å². The number of rotatable bonds is 0. The highest BCUT2D eigenvalue weighted by molar-refractivity contribution is 9.10. The van der Waals surface area contributed by atoms with Gasteiger partial charge in [-0.1, -0.05) is 39.3 Å². The summed E-state index contributed by atoms with van der Waals surface area (Å²) in [7, 11) is 0. The van der Waals surface area contributed by atoms with Crippen molar-refractivity contribution in [2.45, 2.75) is 27.7 Å². The summed E-state index contributed by atoms with van der Waals surface area (Å²) in [5.41, 5.74) is 1.17. The molecule has 0 aromatic carbocycles. The van der Waals surface area contributed by atoms with Crippen LogP contribution in [0.4, 0.5) is 0 Å². The molecule has 17 heavy (non-hydrogen) atoms. The molecule has 0 fully saturated rings. The number of pyridine rings is 1. The molecule has 2 rings (SSSR count). The highest BCUT2D eigenvalue weighted by Crippen LogP contribution is 2.22. The van der Waals surface area contributed by atoms with Crippen LogP contribution in [0.2, 0.25) is 10.4 Å². The van der Waals surface area contributed by atoms with Crippen LogP contribution >= 0.6 is 39.1 Å². The number of hydrogen-bond donors (Lipinski definition) is 0. The van der Waals surface area contributed by atoms with Gasteiger partial charge in [-0.15, -0.1) is 0 Å². The molecule has 0 unspecified atom stereocenters. The second-order valence-electron chi connectivity index (χ2n) is 2.30. The highest BCUT2D eigenvalue weighted by atomic mass is 79.9. The molecule has 94 valence electrons. The van der Waals surface area contributed by atoms with Crippen LogP contribution in [0.1, 0.15) is 27.7 Å². The van der Waals surface area contributed by atoms with Crippen molar-refractivity contribution in [2.75, 3.05) is 0 Å². The average molecular weight is 339 g/mol. The van der Waals surface area contributed by atoms with Gasteiger partial charge in [-0.05, 0) is 33.6 Å². The van der Waals surface area contributed by atoms with Crippen molar-refractivity contribution in [3.63, 3.8) is 0 Å². The van der Waals surface area contributed by atoms with Gasteiger partial charge in [-0.3, -0.25) is 4.98 Å². The van der Waals surface area contributed by atoms with Crippen molar-refractivity contribution in [2.24, 2.45) is 0 Å². The van der Waals surface area contributed by atoms with Crippen LogP contribution in [0.15, 0.2) is 16.7 Å². The van der Waals surface area contributed by atoms with Gasteiger partial charge in [0, 0.05) is 10.7 Å². The van der Waals surface area contributed by atoms with E-state index in [-0.39, 0.29) is 10.4 Å². The minimum absolute atomic E-state index is 0.123. The molecule has 0 radical (unpaired) electrons. The molecule has 0 aliphatic rings. The van der Waals surface area contributed by atoms with Gasteiger partial charge in [-0.25, -0.2) is 9.97 Å². The first-order valence-electron chi connectivity index (χ1n) is 5.31. The van der Waals surface area contributed by atoms with Crippen LogP contribution < -0.4 is 0 Å². The van der Waals surface area contributed by atoms with Crippen molar-refractivity contribution in [3.05, 3.63) is 27.2 Å². The van der Waals surface area contributed by atoms with Gasteiger partial charge in [-0.2, -0.15) is 0 Å². The monoisotopic (exact) mass is 337 g/mol. The number of hydrogen-bond acceptors (Lipinski definition) is 3. The quantitative estimate of drug-likeness (QED) is 0.492. The molecule has 2 heterocycles. The maximum atomic E-state index is 5.80. The largest absolute Gasteiger partial charge is 0.250 e. The van der Waals surface area contributed by atoms with Gasteiger partial charge in [0.25, 0.3) is 0 Å². The third-order valence-electron chi connectivity index (χ3n) is 1.43. The van der Waals surface area contributed by atoms with E-state index >= 15 is 0 Å². The summed E-state index contributed by atoms with van der Waals surface area (Å²) < 4.78 is 0.825. The predicted octanol–water partition coefficient (Wildman–Crippen LogP) is 5.15. The Hall–Kier alpha value is -0.450. The first kappa shape index (κ1) is 16.6. The van der Waals surface area contributed by atoms with E-state index in [1.807, 2.05) is 27.7 Å². The third kappa shape index (κ3) is 4.74. The molecule has 0 atom stereocenters. The summed E-state index contributed by atoms with van der Waals surface area (Å²) in [6.45, 7) is 8.00. The van der Waals surface area contributed by atoms with E-state index in [9.17, 15) is 0 Å². The lowest BCUT2D eigenvalue weighted by Crippen LogP contribution is -1.89. The molecule has 0 amide bonds. The number of halogens is 3. The minimum Gasteiger partial charge on any atom is -0.250 e. The Morgan fingerprint density at radius 2 is 1.65 bits per heavy atom. The zero-order valence-electron chi connectivity index (χ0n) is 10.1. The molecule has 0 saturated carbocycles. The van der Waals surface area contributed by atoms with E-state index in [1.54, 1.807) is 12.3 Å².